The number of fused-ring (bicyclic) bond motifs is 1. The summed E-state index contributed by atoms with van der Waals surface area (Å²) in [5.74, 6) is -3.27. The molecule has 0 radical (unpaired) electrons. The molecular formula is C27H12F7N5. The van der Waals surface area contributed by atoms with Crippen LogP contribution in [0.5, 0.6) is 0 Å². The third-order valence-corrected chi connectivity index (χ3v) is 5.42. The summed E-state index contributed by atoms with van der Waals surface area (Å²) in [6.07, 6.45) is -2.14. The maximum absolute atomic E-state index is 14.5. The van der Waals surface area contributed by atoms with Crippen molar-refractivity contribution in [3.63, 3.8) is 0 Å². The van der Waals surface area contributed by atoms with Crippen LogP contribution in [0.25, 0.3) is 28.2 Å². The van der Waals surface area contributed by atoms with Crippen LogP contribution < -0.4 is 0 Å². The Morgan fingerprint density at radius 2 is 1.33 bits per heavy atom. The molecule has 5 nitrogen and oxygen atoms in total. The lowest BCUT2D eigenvalue weighted by atomic mass is 9.97. The zero-order valence-corrected chi connectivity index (χ0v) is 19.3. The van der Waals surface area contributed by atoms with Crippen molar-refractivity contribution in [2.75, 3.05) is 0 Å². The highest BCUT2D eigenvalue weighted by Gasteiger charge is 2.33. The summed E-state index contributed by atoms with van der Waals surface area (Å²) in [7, 11) is 0. The molecule has 3 aromatic carbocycles. The normalized spacial score (nSPS) is 10.9. The van der Waals surface area contributed by atoms with E-state index in [1.165, 1.54) is 53.2 Å². The molecule has 0 spiro atoms. The van der Waals surface area contributed by atoms with Gasteiger partial charge in [0.1, 0.15) is 46.7 Å². The summed E-state index contributed by atoms with van der Waals surface area (Å²) in [4.78, 5) is 7.38. The molecule has 0 aliphatic carbocycles. The number of rotatable bonds is 2. The minimum atomic E-state index is -4.61. The van der Waals surface area contributed by atoms with Gasteiger partial charge in [0.25, 0.3) is 0 Å². The molecule has 0 saturated heterocycles. The minimum absolute atomic E-state index is 0.0200. The van der Waals surface area contributed by atoms with Crippen molar-refractivity contribution in [1.82, 2.24) is 14.4 Å². The molecule has 0 fully saturated rings. The average molecular weight is 539 g/mol. The van der Waals surface area contributed by atoms with Gasteiger partial charge < -0.3 is 0 Å². The van der Waals surface area contributed by atoms with Gasteiger partial charge in [-0.05, 0) is 42.5 Å². The largest absolute Gasteiger partial charge is 0.433 e. The summed E-state index contributed by atoms with van der Waals surface area (Å²) in [6, 6.07) is 15.0. The van der Waals surface area contributed by atoms with E-state index in [1.54, 1.807) is 6.07 Å². The van der Waals surface area contributed by atoms with Crippen molar-refractivity contribution < 1.29 is 30.7 Å². The van der Waals surface area contributed by atoms with E-state index in [4.69, 9.17) is 5.26 Å². The molecule has 0 saturated carbocycles. The van der Waals surface area contributed by atoms with Gasteiger partial charge >= 0.3 is 6.18 Å². The van der Waals surface area contributed by atoms with E-state index < -0.39 is 40.7 Å². The first-order valence-electron chi connectivity index (χ1n) is 10.8. The van der Waals surface area contributed by atoms with E-state index in [-0.39, 0.29) is 22.5 Å². The first kappa shape index (κ1) is 26.8. The van der Waals surface area contributed by atoms with Gasteiger partial charge in [-0.25, -0.2) is 27.5 Å². The molecule has 0 unspecified atom stereocenters. The third-order valence-electron chi connectivity index (χ3n) is 5.42. The second-order valence-electron chi connectivity index (χ2n) is 7.80. The number of imidazole rings is 1. The minimum Gasteiger partial charge on any atom is -0.284 e. The lowest BCUT2D eigenvalue weighted by Crippen LogP contribution is -2.09. The van der Waals surface area contributed by atoms with Crippen LogP contribution in [0.3, 0.4) is 0 Å². The molecule has 2 heterocycles. The molecule has 0 atom stereocenters. The van der Waals surface area contributed by atoms with Crippen LogP contribution >= 0.6 is 0 Å². The van der Waals surface area contributed by atoms with Crippen molar-refractivity contribution in [2.24, 2.45) is 0 Å². The van der Waals surface area contributed by atoms with Gasteiger partial charge in [-0.2, -0.15) is 23.7 Å². The van der Waals surface area contributed by atoms with Crippen molar-refractivity contribution >= 4 is 5.78 Å². The van der Waals surface area contributed by atoms with Crippen LogP contribution in [-0.4, -0.2) is 14.4 Å². The molecule has 0 bridgehead atoms. The molecule has 0 amide bonds. The van der Waals surface area contributed by atoms with E-state index >= 15 is 0 Å². The Labute approximate surface area is 215 Å². The van der Waals surface area contributed by atoms with Gasteiger partial charge in [-0.3, -0.25) is 4.40 Å². The fourth-order valence-electron chi connectivity index (χ4n) is 3.60. The van der Waals surface area contributed by atoms with Gasteiger partial charge in [0.05, 0.1) is 17.5 Å². The van der Waals surface area contributed by atoms with Crippen LogP contribution in [0.1, 0.15) is 16.8 Å². The van der Waals surface area contributed by atoms with Crippen LogP contribution in [0, 0.1) is 45.9 Å². The molecular weight excluding hydrogens is 527 g/mol. The van der Waals surface area contributed by atoms with Crippen LogP contribution in [0.15, 0.2) is 73.1 Å². The van der Waals surface area contributed by atoms with Crippen LogP contribution in [0.4, 0.5) is 30.7 Å². The van der Waals surface area contributed by atoms with Gasteiger partial charge in [0.15, 0.2) is 0 Å². The standard InChI is InChI=1S/C20H9F5N4.C7H3F2N/c21-15-3-1-2-12(14(15)9-26)13-8-11(4-5-16(13)22)17-10-27-19-28-18(20(23,24)25)6-7-29(17)19;8-6-2-1-3-7(9)5(6)4-10/h1-8,10H;1-3H. The molecule has 2 aromatic heterocycles. The maximum atomic E-state index is 14.5. The maximum Gasteiger partial charge on any atom is 0.433 e. The Kier molecular flexibility index (Phi) is 7.31. The Balaban J connectivity index is 0.000000298. The van der Waals surface area contributed by atoms with Crippen molar-refractivity contribution in [3.8, 4) is 34.5 Å². The van der Waals surface area contributed by atoms with Crippen LogP contribution in [-0.2, 0) is 6.18 Å². The predicted octanol–water partition coefficient (Wildman–Crippen LogP) is 7.07. The van der Waals surface area contributed by atoms with E-state index in [9.17, 15) is 36.0 Å². The molecule has 194 valence electrons. The SMILES string of the molecule is N#Cc1c(F)cccc1-c1cc(-c2cnc3nc(C(F)(F)F)ccn23)ccc1F.N#Cc1c(F)cccc1F. The zero-order chi connectivity index (χ0) is 28.3. The fraction of sp³-hybridized carbons (Fsp3) is 0.0370. The summed E-state index contributed by atoms with van der Waals surface area (Å²) in [5.41, 5.74) is -1.10. The Morgan fingerprint density at radius 1 is 0.718 bits per heavy atom. The summed E-state index contributed by atoms with van der Waals surface area (Å²) in [6.45, 7) is 0. The van der Waals surface area contributed by atoms with E-state index in [2.05, 4.69) is 9.97 Å². The molecule has 12 heteroatoms. The number of halogens is 7. The topological polar surface area (TPSA) is 77.8 Å². The van der Waals surface area contributed by atoms with E-state index in [0.29, 0.717) is 11.3 Å². The van der Waals surface area contributed by atoms with E-state index in [1.807, 2.05) is 0 Å². The number of hydrogen-bond acceptors (Lipinski definition) is 4. The lowest BCUT2D eigenvalue weighted by Gasteiger charge is -2.10. The third kappa shape index (κ3) is 5.40. The van der Waals surface area contributed by atoms with Crippen molar-refractivity contribution in [2.45, 2.75) is 6.18 Å². The fourth-order valence-corrected chi connectivity index (χ4v) is 3.60. The quantitative estimate of drug-likeness (QED) is 0.225. The van der Waals surface area contributed by atoms with Crippen molar-refractivity contribution in [1.29, 1.82) is 10.5 Å². The smallest absolute Gasteiger partial charge is 0.284 e. The number of benzene rings is 3. The molecule has 5 aromatic rings. The number of aromatic nitrogens is 3. The second kappa shape index (κ2) is 10.6. The van der Waals surface area contributed by atoms with Gasteiger partial charge in [-0.1, -0.05) is 18.2 Å². The first-order chi connectivity index (χ1) is 18.5. The van der Waals surface area contributed by atoms with Gasteiger partial charge in [0, 0.05) is 22.9 Å². The molecule has 0 aliphatic rings. The van der Waals surface area contributed by atoms with Gasteiger partial charge in [-0.15, -0.1) is 0 Å². The van der Waals surface area contributed by atoms with Crippen molar-refractivity contribution in [3.05, 3.63) is 113 Å². The zero-order valence-electron chi connectivity index (χ0n) is 19.3. The van der Waals surface area contributed by atoms with Gasteiger partial charge in [0.2, 0.25) is 5.78 Å². The number of nitriles is 2. The average Bonchev–Trinajstić information content (AvgIpc) is 3.32. The summed E-state index contributed by atoms with van der Waals surface area (Å²) < 4.78 is 93.0. The molecule has 0 aliphatic heterocycles. The number of hydrogen-bond donors (Lipinski definition) is 0. The Bertz CT molecular complexity index is 1760. The first-order valence-corrected chi connectivity index (χ1v) is 10.8. The second-order valence-corrected chi connectivity index (χ2v) is 7.80. The highest BCUT2D eigenvalue weighted by Crippen LogP contribution is 2.33. The Morgan fingerprint density at radius 3 is 1.92 bits per heavy atom. The van der Waals surface area contributed by atoms with Crippen LogP contribution in [0.2, 0.25) is 0 Å². The molecule has 0 N–H and O–H groups in total. The van der Waals surface area contributed by atoms with E-state index in [0.717, 1.165) is 30.3 Å². The highest BCUT2D eigenvalue weighted by molar-refractivity contribution is 5.76. The number of nitrogens with zero attached hydrogens (tertiary/aromatic N) is 5. The summed E-state index contributed by atoms with van der Waals surface area (Å²) in [5, 5.41) is 17.4. The molecule has 39 heavy (non-hydrogen) atoms. The highest BCUT2D eigenvalue weighted by atomic mass is 19.4. The lowest BCUT2D eigenvalue weighted by molar-refractivity contribution is -0.141. The number of alkyl halides is 3. The Hall–Kier alpha value is -5.23. The molecule has 5 rings (SSSR count). The summed E-state index contributed by atoms with van der Waals surface area (Å²) >= 11 is 0. The monoisotopic (exact) mass is 539 g/mol. The predicted molar refractivity (Wildman–Crippen MR) is 125 cm³/mol.